The van der Waals surface area contributed by atoms with Crippen molar-refractivity contribution in [1.29, 1.82) is 0 Å². The molecule has 0 aliphatic heterocycles. The minimum absolute atomic E-state index is 0.123. The Kier molecular flexibility index (Phi) is 2.42. The Morgan fingerprint density at radius 1 is 1.36 bits per heavy atom. The first-order valence-corrected chi connectivity index (χ1v) is 3.62. The zero-order valence-electron chi connectivity index (χ0n) is 5.96. The fourth-order valence-corrected chi connectivity index (χ4v) is 1.35. The van der Waals surface area contributed by atoms with Crippen LogP contribution in [0.5, 0.6) is 0 Å². The molecule has 0 radical (unpaired) electrons. The van der Waals surface area contributed by atoms with Gasteiger partial charge in [0.15, 0.2) is 0 Å². The minimum atomic E-state index is -1.50. The Morgan fingerprint density at radius 3 is 2.45 bits per heavy atom. The van der Waals surface area contributed by atoms with Gasteiger partial charge in [-0.2, -0.15) is 0 Å². The number of alkyl halides is 2. The summed E-state index contributed by atoms with van der Waals surface area (Å²) < 4.78 is 25.2. The van der Waals surface area contributed by atoms with Gasteiger partial charge in [0.2, 0.25) is 0 Å². The average molecular weight is 164 g/mol. The van der Waals surface area contributed by atoms with E-state index in [-0.39, 0.29) is 19.3 Å². The summed E-state index contributed by atoms with van der Waals surface area (Å²) in [5.41, 5.74) is 0. The molecule has 0 amide bonds. The number of hydrogen-bond acceptors (Lipinski definition) is 1. The van der Waals surface area contributed by atoms with Crippen LogP contribution in [-0.4, -0.2) is 23.4 Å². The third kappa shape index (κ3) is 1.88. The highest BCUT2D eigenvalue weighted by atomic mass is 19.1. The molecule has 1 fully saturated rings. The lowest BCUT2D eigenvalue weighted by Gasteiger charge is -2.24. The number of rotatable bonds is 1. The van der Waals surface area contributed by atoms with Gasteiger partial charge in [-0.1, -0.05) is 0 Å². The van der Waals surface area contributed by atoms with Gasteiger partial charge in [0.05, 0.1) is 5.92 Å². The molecule has 1 aliphatic rings. The van der Waals surface area contributed by atoms with E-state index in [2.05, 4.69) is 0 Å². The maximum atomic E-state index is 12.7. The SMILES string of the molecule is O=C(O)C1CCC(F)CC1F. The lowest BCUT2D eigenvalue weighted by atomic mass is 9.86. The van der Waals surface area contributed by atoms with E-state index < -0.39 is 24.2 Å². The molecule has 0 spiro atoms. The molecule has 0 heterocycles. The van der Waals surface area contributed by atoms with Crippen LogP contribution in [0.4, 0.5) is 8.78 Å². The number of aliphatic carboxylic acids is 1. The highest BCUT2D eigenvalue weighted by Crippen LogP contribution is 2.28. The highest BCUT2D eigenvalue weighted by molar-refractivity contribution is 5.70. The number of hydrogen-bond donors (Lipinski definition) is 1. The molecule has 64 valence electrons. The second kappa shape index (κ2) is 3.15. The van der Waals surface area contributed by atoms with Crippen molar-refractivity contribution in [3.05, 3.63) is 0 Å². The van der Waals surface area contributed by atoms with Gasteiger partial charge in [0.1, 0.15) is 12.3 Å². The molecule has 4 heteroatoms. The molecule has 3 unspecified atom stereocenters. The first kappa shape index (κ1) is 8.43. The van der Waals surface area contributed by atoms with Crippen LogP contribution in [0, 0.1) is 5.92 Å². The molecule has 1 N–H and O–H groups in total. The summed E-state index contributed by atoms with van der Waals surface area (Å²) in [4.78, 5) is 10.3. The normalized spacial score (nSPS) is 38.5. The van der Waals surface area contributed by atoms with Crippen molar-refractivity contribution >= 4 is 5.97 Å². The third-order valence-electron chi connectivity index (χ3n) is 2.03. The maximum Gasteiger partial charge on any atom is 0.309 e. The molecule has 3 atom stereocenters. The van der Waals surface area contributed by atoms with Crippen molar-refractivity contribution in [2.24, 2.45) is 5.92 Å². The Morgan fingerprint density at radius 2 is 2.00 bits per heavy atom. The fourth-order valence-electron chi connectivity index (χ4n) is 1.35. The number of carboxylic acids is 1. The van der Waals surface area contributed by atoms with Gasteiger partial charge in [-0.05, 0) is 12.8 Å². The summed E-state index contributed by atoms with van der Waals surface area (Å²) in [7, 11) is 0. The topological polar surface area (TPSA) is 37.3 Å². The van der Waals surface area contributed by atoms with Crippen LogP contribution in [0.2, 0.25) is 0 Å². The monoisotopic (exact) mass is 164 g/mol. The minimum Gasteiger partial charge on any atom is -0.481 e. The second-order valence-corrected chi connectivity index (χ2v) is 2.87. The van der Waals surface area contributed by atoms with Crippen molar-refractivity contribution in [2.75, 3.05) is 0 Å². The largest absolute Gasteiger partial charge is 0.481 e. The lowest BCUT2D eigenvalue weighted by molar-refractivity contribution is -0.145. The lowest BCUT2D eigenvalue weighted by Crippen LogP contribution is -2.32. The molecular weight excluding hydrogens is 154 g/mol. The zero-order valence-corrected chi connectivity index (χ0v) is 5.96. The maximum absolute atomic E-state index is 12.7. The van der Waals surface area contributed by atoms with E-state index >= 15 is 0 Å². The van der Waals surface area contributed by atoms with Gasteiger partial charge >= 0.3 is 5.97 Å². The van der Waals surface area contributed by atoms with Gasteiger partial charge < -0.3 is 5.11 Å². The zero-order chi connectivity index (χ0) is 8.43. The Balaban J connectivity index is 2.50. The standard InChI is InChI=1S/C7H10F2O2/c8-4-1-2-5(7(10)11)6(9)3-4/h4-6H,1-3H2,(H,10,11). The van der Waals surface area contributed by atoms with Crippen molar-refractivity contribution in [3.8, 4) is 0 Å². The molecule has 1 rings (SSSR count). The van der Waals surface area contributed by atoms with Gasteiger partial charge in [0, 0.05) is 6.42 Å². The molecular formula is C7H10F2O2. The molecule has 1 aliphatic carbocycles. The molecule has 0 aromatic carbocycles. The van der Waals surface area contributed by atoms with Crippen molar-refractivity contribution in [1.82, 2.24) is 0 Å². The average Bonchev–Trinajstić information content (AvgIpc) is 1.85. The van der Waals surface area contributed by atoms with Crippen LogP contribution in [0.3, 0.4) is 0 Å². The molecule has 0 saturated heterocycles. The van der Waals surface area contributed by atoms with Crippen LogP contribution >= 0.6 is 0 Å². The van der Waals surface area contributed by atoms with E-state index in [4.69, 9.17) is 5.11 Å². The van der Waals surface area contributed by atoms with Crippen LogP contribution in [0.15, 0.2) is 0 Å². The first-order valence-electron chi connectivity index (χ1n) is 3.62. The summed E-state index contributed by atoms with van der Waals surface area (Å²) in [6, 6.07) is 0. The van der Waals surface area contributed by atoms with E-state index in [0.29, 0.717) is 0 Å². The van der Waals surface area contributed by atoms with E-state index in [1.165, 1.54) is 0 Å². The van der Waals surface area contributed by atoms with E-state index in [9.17, 15) is 13.6 Å². The van der Waals surface area contributed by atoms with Crippen molar-refractivity contribution < 1.29 is 18.7 Å². The molecule has 0 bridgehead atoms. The molecule has 0 aromatic heterocycles. The van der Waals surface area contributed by atoms with Gasteiger partial charge in [-0.25, -0.2) is 8.78 Å². The number of carboxylic acid groups (broad SMARTS) is 1. The van der Waals surface area contributed by atoms with Crippen LogP contribution in [0.1, 0.15) is 19.3 Å². The van der Waals surface area contributed by atoms with Crippen LogP contribution < -0.4 is 0 Å². The summed E-state index contributed by atoms with van der Waals surface area (Å²) in [6.45, 7) is 0. The second-order valence-electron chi connectivity index (χ2n) is 2.87. The Hall–Kier alpha value is -0.670. The Labute approximate surface area is 63.2 Å². The van der Waals surface area contributed by atoms with Crippen molar-refractivity contribution in [3.63, 3.8) is 0 Å². The molecule has 0 aromatic rings. The van der Waals surface area contributed by atoms with Gasteiger partial charge in [-0.15, -0.1) is 0 Å². The quantitative estimate of drug-likeness (QED) is 0.638. The summed E-state index contributed by atoms with van der Waals surface area (Å²) in [6.07, 6.45) is -2.61. The van der Waals surface area contributed by atoms with E-state index in [1.807, 2.05) is 0 Å². The van der Waals surface area contributed by atoms with E-state index in [1.54, 1.807) is 0 Å². The van der Waals surface area contributed by atoms with Crippen molar-refractivity contribution in [2.45, 2.75) is 31.6 Å². The fraction of sp³-hybridized carbons (Fsp3) is 0.857. The van der Waals surface area contributed by atoms with Gasteiger partial charge in [0.25, 0.3) is 0 Å². The molecule has 1 saturated carbocycles. The predicted molar refractivity (Wildman–Crippen MR) is 34.8 cm³/mol. The summed E-state index contributed by atoms with van der Waals surface area (Å²) in [5.74, 6) is -2.13. The highest BCUT2D eigenvalue weighted by Gasteiger charge is 2.35. The molecule has 11 heavy (non-hydrogen) atoms. The van der Waals surface area contributed by atoms with E-state index in [0.717, 1.165) is 0 Å². The summed E-state index contributed by atoms with van der Waals surface area (Å²) >= 11 is 0. The predicted octanol–water partition coefficient (Wildman–Crippen LogP) is 1.55. The summed E-state index contributed by atoms with van der Waals surface area (Å²) in [5, 5.41) is 8.43. The smallest absolute Gasteiger partial charge is 0.309 e. The third-order valence-corrected chi connectivity index (χ3v) is 2.03. The van der Waals surface area contributed by atoms with Gasteiger partial charge in [-0.3, -0.25) is 4.79 Å². The van der Waals surface area contributed by atoms with Crippen LogP contribution in [0.25, 0.3) is 0 Å². The Bertz CT molecular complexity index is 161. The molecule has 2 nitrogen and oxygen atoms in total. The number of halogens is 2. The first-order chi connectivity index (χ1) is 5.11. The van der Waals surface area contributed by atoms with Crippen LogP contribution in [-0.2, 0) is 4.79 Å². The number of carbonyl (C=O) groups is 1.